The highest BCUT2D eigenvalue weighted by atomic mass is 127. The monoisotopic (exact) mass is 447 g/mol. The van der Waals surface area contributed by atoms with Crippen molar-refractivity contribution in [3.05, 3.63) is 50.4 Å². The van der Waals surface area contributed by atoms with Crippen LogP contribution in [-0.2, 0) is 4.79 Å². The van der Waals surface area contributed by atoms with Gasteiger partial charge in [-0.25, -0.2) is 5.43 Å². The molecule has 1 heterocycles. The molecule has 20 heavy (non-hydrogen) atoms. The second-order valence-electron chi connectivity index (χ2n) is 3.80. The Morgan fingerprint density at radius 2 is 2.05 bits per heavy atom. The fraction of sp³-hybridized carbons (Fsp3) is 0.0769. The summed E-state index contributed by atoms with van der Waals surface area (Å²) in [6.07, 6.45) is 1.46. The van der Waals surface area contributed by atoms with Crippen molar-refractivity contribution in [3.63, 3.8) is 0 Å². The SMILES string of the molecule is O=C(CNc1ccc(Br)cc1)N/N=C\c1ccc(I)o1. The number of halogens is 2. The van der Waals surface area contributed by atoms with E-state index in [9.17, 15) is 4.79 Å². The number of hydrogen-bond donors (Lipinski definition) is 2. The Balaban J connectivity index is 1.75. The molecule has 2 N–H and O–H groups in total. The first-order valence-corrected chi connectivity index (χ1v) is 7.57. The molecule has 1 aromatic carbocycles. The Morgan fingerprint density at radius 3 is 2.70 bits per heavy atom. The minimum Gasteiger partial charge on any atom is -0.449 e. The van der Waals surface area contributed by atoms with E-state index in [0.29, 0.717) is 5.76 Å². The van der Waals surface area contributed by atoms with Crippen LogP contribution in [0.2, 0.25) is 0 Å². The van der Waals surface area contributed by atoms with E-state index < -0.39 is 0 Å². The van der Waals surface area contributed by atoms with Crippen LogP contribution in [0, 0.1) is 3.77 Å². The topological polar surface area (TPSA) is 66.6 Å². The Labute approximate surface area is 138 Å². The van der Waals surface area contributed by atoms with Gasteiger partial charge in [0.25, 0.3) is 5.91 Å². The third kappa shape index (κ3) is 4.97. The Bertz CT molecular complexity index is 610. The first-order valence-electron chi connectivity index (χ1n) is 5.70. The van der Waals surface area contributed by atoms with Crippen LogP contribution in [-0.4, -0.2) is 18.7 Å². The second kappa shape index (κ2) is 7.44. The van der Waals surface area contributed by atoms with Crippen LogP contribution in [0.4, 0.5) is 5.69 Å². The van der Waals surface area contributed by atoms with Gasteiger partial charge in [-0.3, -0.25) is 4.79 Å². The number of hydrogen-bond acceptors (Lipinski definition) is 4. The van der Waals surface area contributed by atoms with Crippen molar-refractivity contribution in [2.75, 3.05) is 11.9 Å². The molecule has 0 spiro atoms. The number of furan rings is 1. The molecule has 0 fully saturated rings. The van der Waals surface area contributed by atoms with Crippen LogP contribution < -0.4 is 10.7 Å². The Kier molecular flexibility index (Phi) is 5.60. The zero-order chi connectivity index (χ0) is 14.4. The molecule has 0 saturated carbocycles. The number of nitrogens with zero attached hydrogens (tertiary/aromatic N) is 1. The van der Waals surface area contributed by atoms with E-state index in [0.717, 1.165) is 13.9 Å². The molecule has 104 valence electrons. The van der Waals surface area contributed by atoms with Gasteiger partial charge in [0.1, 0.15) is 5.76 Å². The fourth-order valence-electron chi connectivity index (χ4n) is 1.36. The molecule has 0 atom stereocenters. The summed E-state index contributed by atoms with van der Waals surface area (Å²) in [5.74, 6) is 0.362. The van der Waals surface area contributed by atoms with Gasteiger partial charge in [-0.15, -0.1) is 0 Å². The van der Waals surface area contributed by atoms with Crippen molar-refractivity contribution in [2.24, 2.45) is 5.10 Å². The molecule has 1 amide bonds. The van der Waals surface area contributed by atoms with Crippen LogP contribution in [0.5, 0.6) is 0 Å². The van der Waals surface area contributed by atoms with Crippen molar-refractivity contribution in [2.45, 2.75) is 0 Å². The van der Waals surface area contributed by atoms with Gasteiger partial charge in [0.15, 0.2) is 3.77 Å². The summed E-state index contributed by atoms with van der Waals surface area (Å²) in [6.45, 7) is 0.147. The molecule has 0 aliphatic carbocycles. The summed E-state index contributed by atoms with van der Waals surface area (Å²) in [4.78, 5) is 11.6. The van der Waals surface area contributed by atoms with Gasteiger partial charge in [0.05, 0.1) is 12.8 Å². The van der Waals surface area contributed by atoms with E-state index >= 15 is 0 Å². The second-order valence-corrected chi connectivity index (χ2v) is 5.77. The molecule has 0 bridgehead atoms. The van der Waals surface area contributed by atoms with Gasteiger partial charge in [0.2, 0.25) is 0 Å². The van der Waals surface area contributed by atoms with Crippen LogP contribution in [0.25, 0.3) is 0 Å². The molecular formula is C13H11BrIN3O2. The molecule has 0 aliphatic heterocycles. The molecule has 0 unspecified atom stereocenters. The molecule has 0 saturated heterocycles. The van der Waals surface area contributed by atoms with Crippen LogP contribution in [0.1, 0.15) is 5.76 Å². The lowest BCUT2D eigenvalue weighted by molar-refractivity contribution is -0.119. The van der Waals surface area contributed by atoms with Crippen LogP contribution >= 0.6 is 38.5 Å². The number of nitrogens with one attached hydrogen (secondary N) is 2. The summed E-state index contributed by atoms with van der Waals surface area (Å²) in [5, 5.41) is 6.81. The highest BCUT2D eigenvalue weighted by Gasteiger charge is 2.00. The van der Waals surface area contributed by atoms with Crippen molar-refractivity contribution in [1.29, 1.82) is 0 Å². The lowest BCUT2D eigenvalue weighted by atomic mass is 10.3. The van der Waals surface area contributed by atoms with Gasteiger partial charge in [-0.05, 0) is 59.0 Å². The van der Waals surface area contributed by atoms with Gasteiger partial charge in [-0.1, -0.05) is 15.9 Å². The van der Waals surface area contributed by atoms with Crippen molar-refractivity contribution >= 4 is 56.3 Å². The van der Waals surface area contributed by atoms with Gasteiger partial charge >= 0.3 is 0 Å². The quantitative estimate of drug-likeness (QED) is 0.420. The largest absolute Gasteiger partial charge is 0.449 e. The normalized spacial score (nSPS) is 10.7. The molecule has 0 radical (unpaired) electrons. The first-order chi connectivity index (χ1) is 9.63. The van der Waals surface area contributed by atoms with E-state index in [2.05, 4.69) is 54.4 Å². The van der Waals surface area contributed by atoms with E-state index in [1.807, 2.05) is 30.3 Å². The summed E-state index contributed by atoms with van der Waals surface area (Å²) in [6, 6.07) is 11.2. The highest BCUT2D eigenvalue weighted by molar-refractivity contribution is 14.1. The molecule has 1 aromatic heterocycles. The number of anilines is 1. The summed E-state index contributed by atoms with van der Waals surface area (Å²) in [5.41, 5.74) is 3.29. The van der Waals surface area contributed by atoms with Crippen molar-refractivity contribution < 1.29 is 9.21 Å². The summed E-state index contributed by atoms with van der Waals surface area (Å²) < 4.78 is 7.03. The maximum atomic E-state index is 11.6. The lowest BCUT2D eigenvalue weighted by Gasteiger charge is -2.04. The third-order valence-corrected chi connectivity index (χ3v) is 3.38. The van der Waals surface area contributed by atoms with E-state index in [1.165, 1.54) is 6.21 Å². The van der Waals surface area contributed by atoms with Crippen LogP contribution in [0.15, 0.2) is 50.4 Å². The van der Waals surface area contributed by atoms with Crippen molar-refractivity contribution in [1.82, 2.24) is 5.43 Å². The molecule has 7 heteroatoms. The standard InChI is InChI=1S/C13H11BrIN3O2/c14-9-1-3-10(4-2-9)16-8-13(19)18-17-7-11-5-6-12(15)20-11/h1-7,16H,8H2,(H,18,19)/b17-7-. The molecule has 0 aliphatic rings. The minimum absolute atomic E-state index is 0.147. The number of rotatable bonds is 5. The minimum atomic E-state index is -0.231. The lowest BCUT2D eigenvalue weighted by Crippen LogP contribution is -2.25. The third-order valence-electron chi connectivity index (χ3n) is 2.27. The first kappa shape index (κ1) is 15.0. The average Bonchev–Trinajstić information content (AvgIpc) is 2.84. The molecule has 2 aromatic rings. The van der Waals surface area contributed by atoms with Gasteiger partial charge in [-0.2, -0.15) is 5.10 Å². The Hall–Kier alpha value is -1.35. The predicted octanol–water partition coefficient (Wildman–Crippen LogP) is 3.21. The predicted molar refractivity (Wildman–Crippen MR) is 89.8 cm³/mol. The number of carbonyl (C=O) groups excluding carboxylic acids is 1. The summed E-state index contributed by atoms with van der Waals surface area (Å²) >= 11 is 5.41. The zero-order valence-corrected chi connectivity index (χ0v) is 14.0. The van der Waals surface area contributed by atoms with E-state index in [1.54, 1.807) is 6.07 Å². The van der Waals surface area contributed by atoms with Crippen LogP contribution in [0.3, 0.4) is 0 Å². The summed E-state index contributed by atoms with van der Waals surface area (Å²) in [7, 11) is 0. The van der Waals surface area contributed by atoms with E-state index in [-0.39, 0.29) is 12.5 Å². The fourth-order valence-corrected chi connectivity index (χ4v) is 2.05. The van der Waals surface area contributed by atoms with Crippen molar-refractivity contribution in [3.8, 4) is 0 Å². The number of carbonyl (C=O) groups is 1. The Morgan fingerprint density at radius 1 is 1.30 bits per heavy atom. The molecule has 2 rings (SSSR count). The number of amides is 1. The highest BCUT2D eigenvalue weighted by Crippen LogP contribution is 2.13. The maximum absolute atomic E-state index is 11.6. The number of benzene rings is 1. The zero-order valence-electron chi connectivity index (χ0n) is 10.3. The van der Waals surface area contributed by atoms with Gasteiger partial charge < -0.3 is 9.73 Å². The smallest absolute Gasteiger partial charge is 0.259 e. The number of hydrazone groups is 1. The average molecular weight is 448 g/mol. The van der Waals surface area contributed by atoms with Gasteiger partial charge in [0, 0.05) is 10.2 Å². The molecule has 5 nitrogen and oxygen atoms in total. The molecular weight excluding hydrogens is 437 g/mol. The van der Waals surface area contributed by atoms with E-state index in [4.69, 9.17) is 4.42 Å². The maximum Gasteiger partial charge on any atom is 0.259 e.